The summed E-state index contributed by atoms with van der Waals surface area (Å²) >= 11 is 0. The van der Waals surface area contributed by atoms with E-state index in [1.165, 1.54) is 16.7 Å². The molecular formula is C9H9NO3. The highest BCUT2D eigenvalue weighted by atomic mass is 16.4. The second-order valence-electron chi connectivity index (χ2n) is 2.43. The molecule has 1 heterocycles. The molecule has 1 N–H and O–H groups in total. The minimum absolute atomic E-state index is 0.141. The van der Waals surface area contributed by atoms with Crippen molar-refractivity contribution in [3.63, 3.8) is 0 Å². The molecule has 4 heteroatoms. The van der Waals surface area contributed by atoms with Crippen LogP contribution in [0.1, 0.15) is 0 Å². The van der Waals surface area contributed by atoms with Crippen molar-refractivity contribution in [2.24, 2.45) is 0 Å². The maximum atomic E-state index is 11.1. The smallest absolute Gasteiger partial charge is 0.328 e. The van der Waals surface area contributed by atoms with Crippen LogP contribution in [0.4, 0.5) is 0 Å². The summed E-state index contributed by atoms with van der Waals surface area (Å²) < 4.78 is 1.42. The van der Waals surface area contributed by atoms with Crippen molar-refractivity contribution < 1.29 is 9.90 Å². The fourth-order valence-electron chi connectivity index (χ4n) is 0.879. The van der Waals surface area contributed by atoms with E-state index < -0.39 is 5.97 Å². The molecule has 0 saturated heterocycles. The number of carbonyl (C=O) groups is 1. The fraction of sp³-hybridized carbons (Fsp3) is 0.111. The lowest BCUT2D eigenvalue weighted by Crippen LogP contribution is -2.16. The first-order chi connectivity index (χ1) is 6.20. The minimum Gasteiger partial charge on any atom is -0.478 e. The van der Waals surface area contributed by atoms with E-state index in [1.807, 2.05) is 0 Å². The van der Waals surface area contributed by atoms with Gasteiger partial charge in [-0.2, -0.15) is 0 Å². The van der Waals surface area contributed by atoms with Crippen molar-refractivity contribution in [2.45, 2.75) is 6.54 Å². The zero-order chi connectivity index (χ0) is 9.68. The van der Waals surface area contributed by atoms with Crippen molar-refractivity contribution in [3.05, 3.63) is 46.9 Å². The number of nitrogens with zero attached hydrogens (tertiary/aromatic N) is 1. The molecule has 0 saturated carbocycles. The number of allylic oxidation sites excluding steroid dienone is 1. The predicted molar refractivity (Wildman–Crippen MR) is 47.5 cm³/mol. The largest absolute Gasteiger partial charge is 0.478 e. The summed E-state index contributed by atoms with van der Waals surface area (Å²) in [5.74, 6) is -1.01. The van der Waals surface area contributed by atoms with Crippen LogP contribution in [0, 0.1) is 0 Å². The van der Waals surface area contributed by atoms with Crippen LogP contribution < -0.4 is 5.56 Å². The number of hydrogen-bond acceptors (Lipinski definition) is 2. The normalized spacial score (nSPS) is 10.5. The average molecular weight is 179 g/mol. The Kier molecular flexibility index (Phi) is 3.03. The molecule has 0 aliphatic rings. The second-order valence-corrected chi connectivity index (χ2v) is 2.43. The van der Waals surface area contributed by atoms with Gasteiger partial charge in [-0.1, -0.05) is 12.1 Å². The van der Waals surface area contributed by atoms with Crippen LogP contribution in [-0.2, 0) is 11.3 Å². The summed E-state index contributed by atoms with van der Waals surface area (Å²) in [7, 11) is 0. The Morgan fingerprint density at radius 2 is 2.31 bits per heavy atom. The summed E-state index contributed by atoms with van der Waals surface area (Å²) in [6.07, 6.45) is 4.04. The zero-order valence-electron chi connectivity index (χ0n) is 6.88. The molecule has 0 atom stereocenters. The van der Waals surface area contributed by atoms with Crippen molar-refractivity contribution >= 4 is 5.97 Å². The standard InChI is InChI=1S/C9H9NO3/c11-8-4-1-2-6-10(8)7-3-5-9(12)13/h1-6H,7H2,(H,12,13). The lowest BCUT2D eigenvalue weighted by atomic mass is 10.4. The highest BCUT2D eigenvalue weighted by molar-refractivity contribution is 5.79. The van der Waals surface area contributed by atoms with Gasteiger partial charge in [0.2, 0.25) is 0 Å². The van der Waals surface area contributed by atoms with Gasteiger partial charge in [-0.05, 0) is 6.07 Å². The third-order valence-electron chi connectivity index (χ3n) is 1.46. The molecule has 1 aromatic heterocycles. The Balaban J connectivity index is 2.70. The molecular weight excluding hydrogens is 170 g/mol. The molecule has 0 unspecified atom stereocenters. The summed E-state index contributed by atoms with van der Waals surface area (Å²) in [5.41, 5.74) is -0.141. The van der Waals surface area contributed by atoms with Gasteiger partial charge >= 0.3 is 5.97 Å². The van der Waals surface area contributed by atoms with Crippen LogP contribution >= 0.6 is 0 Å². The quantitative estimate of drug-likeness (QED) is 0.687. The van der Waals surface area contributed by atoms with Gasteiger partial charge in [0, 0.05) is 24.9 Å². The number of rotatable bonds is 3. The molecule has 0 bridgehead atoms. The first-order valence-corrected chi connectivity index (χ1v) is 3.75. The van der Waals surface area contributed by atoms with Crippen molar-refractivity contribution in [2.75, 3.05) is 0 Å². The molecule has 1 aromatic rings. The van der Waals surface area contributed by atoms with Crippen LogP contribution in [0.2, 0.25) is 0 Å². The summed E-state index contributed by atoms with van der Waals surface area (Å²) in [6, 6.07) is 4.78. The van der Waals surface area contributed by atoms with Gasteiger partial charge < -0.3 is 9.67 Å². The van der Waals surface area contributed by atoms with Gasteiger partial charge in [-0.15, -0.1) is 0 Å². The van der Waals surface area contributed by atoms with E-state index >= 15 is 0 Å². The highest BCUT2D eigenvalue weighted by Gasteiger charge is 1.90. The van der Waals surface area contributed by atoms with Crippen molar-refractivity contribution in [1.29, 1.82) is 0 Å². The lowest BCUT2D eigenvalue weighted by Gasteiger charge is -1.98. The second kappa shape index (κ2) is 4.25. The molecule has 13 heavy (non-hydrogen) atoms. The van der Waals surface area contributed by atoms with E-state index in [0.717, 1.165) is 6.08 Å². The summed E-state index contributed by atoms with van der Waals surface area (Å²) in [6.45, 7) is 0.284. The van der Waals surface area contributed by atoms with Crippen LogP contribution in [0.3, 0.4) is 0 Å². The Labute approximate surface area is 74.7 Å². The maximum absolute atomic E-state index is 11.1. The number of aliphatic carboxylic acids is 1. The van der Waals surface area contributed by atoms with Crippen LogP contribution in [0.15, 0.2) is 41.3 Å². The molecule has 4 nitrogen and oxygen atoms in total. The number of pyridine rings is 1. The highest BCUT2D eigenvalue weighted by Crippen LogP contribution is 1.83. The van der Waals surface area contributed by atoms with E-state index in [0.29, 0.717) is 0 Å². The van der Waals surface area contributed by atoms with Gasteiger partial charge in [0.15, 0.2) is 0 Å². The van der Waals surface area contributed by atoms with Crippen molar-refractivity contribution in [1.82, 2.24) is 4.57 Å². The SMILES string of the molecule is O=C(O)C=CCn1ccccc1=O. The first kappa shape index (κ1) is 9.25. The molecule has 0 aliphatic carbocycles. The predicted octanol–water partition coefficient (Wildman–Crippen LogP) is 0.489. The van der Waals surface area contributed by atoms with Gasteiger partial charge in [0.05, 0.1) is 0 Å². The zero-order valence-corrected chi connectivity index (χ0v) is 6.88. The van der Waals surface area contributed by atoms with Gasteiger partial charge in [-0.3, -0.25) is 4.79 Å². The topological polar surface area (TPSA) is 59.3 Å². The Morgan fingerprint density at radius 3 is 2.92 bits per heavy atom. The minimum atomic E-state index is -1.01. The number of hydrogen-bond donors (Lipinski definition) is 1. The van der Waals surface area contributed by atoms with E-state index in [2.05, 4.69) is 0 Å². The molecule has 0 fully saturated rings. The monoisotopic (exact) mass is 179 g/mol. The fourth-order valence-corrected chi connectivity index (χ4v) is 0.879. The van der Waals surface area contributed by atoms with Crippen LogP contribution in [-0.4, -0.2) is 15.6 Å². The van der Waals surface area contributed by atoms with Gasteiger partial charge in [0.25, 0.3) is 5.56 Å². The molecule has 0 aliphatic heterocycles. The maximum Gasteiger partial charge on any atom is 0.328 e. The molecule has 68 valence electrons. The Hall–Kier alpha value is -1.84. The van der Waals surface area contributed by atoms with Crippen LogP contribution in [0.25, 0.3) is 0 Å². The Morgan fingerprint density at radius 1 is 1.54 bits per heavy atom. The third kappa shape index (κ3) is 2.94. The first-order valence-electron chi connectivity index (χ1n) is 3.75. The molecule has 0 amide bonds. The van der Waals surface area contributed by atoms with E-state index in [1.54, 1.807) is 18.3 Å². The molecule has 1 rings (SSSR count). The van der Waals surface area contributed by atoms with Crippen molar-refractivity contribution in [3.8, 4) is 0 Å². The molecule has 0 aromatic carbocycles. The van der Waals surface area contributed by atoms with Gasteiger partial charge in [-0.25, -0.2) is 4.79 Å². The number of aromatic nitrogens is 1. The van der Waals surface area contributed by atoms with Gasteiger partial charge in [0.1, 0.15) is 0 Å². The van der Waals surface area contributed by atoms with E-state index in [-0.39, 0.29) is 12.1 Å². The molecule has 0 spiro atoms. The summed E-state index contributed by atoms with van der Waals surface area (Å²) in [4.78, 5) is 21.2. The number of carboxylic acids is 1. The number of carboxylic acid groups (broad SMARTS) is 1. The lowest BCUT2D eigenvalue weighted by molar-refractivity contribution is -0.131. The summed E-state index contributed by atoms with van der Waals surface area (Å²) in [5, 5.41) is 8.29. The average Bonchev–Trinajstić information content (AvgIpc) is 2.08. The van der Waals surface area contributed by atoms with Crippen LogP contribution in [0.5, 0.6) is 0 Å². The third-order valence-corrected chi connectivity index (χ3v) is 1.46. The Bertz CT molecular complexity index is 378. The van der Waals surface area contributed by atoms with E-state index in [4.69, 9.17) is 5.11 Å². The molecule has 0 radical (unpaired) electrons. The van der Waals surface area contributed by atoms with E-state index in [9.17, 15) is 9.59 Å².